The van der Waals surface area contributed by atoms with Crippen LogP contribution in [0.5, 0.6) is 0 Å². The fourth-order valence-corrected chi connectivity index (χ4v) is 3.16. The van der Waals surface area contributed by atoms with Crippen molar-refractivity contribution in [2.45, 2.75) is 13.5 Å². The van der Waals surface area contributed by atoms with E-state index < -0.39 is 0 Å². The average Bonchev–Trinajstić information content (AvgIpc) is 2.97. The molecule has 4 rings (SSSR count). The standard InChI is InChI=1S/C21H17NO2/c1-15-8-7-12-18-17-11-5-6-13-19(17)22(20(15)18)21(23)24-14-16-9-3-2-4-10-16/h2-13H,14H2,1H3. The fourth-order valence-electron chi connectivity index (χ4n) is 3.16. The van der Waals surface area contributed by atoms with Crippen LogP contribution < -0.4 is 0 Å². The number of ether oxygens (including phenoxy) is 1. The first-order valence-corrected chi connectivity index (χ1v) is 7.95. The number of hydrogen-bond donors (Lipinski definition) is 0. The lowest BCUT2D eigenvalue weighted by atomic mass is 10.1. The van der Waals surface area contributed by atoms with Gasteiger partial charge in [0.05, 0.1) is 11.0 Å². The van der Waals surface area contributed by atoms with Crippen LogP contribution in [0.25, 0.3) is 21.8 Å². The lowest BCUT2D eigenvalue weighted by molar-refractivity contribution is 0.143. The van der Waals surface area contributed by atoms with Gasteiger partial charge in [-0.05, 0) is 24.1 Å². The monoisotopic (exact) mass is 315 g/mol. The summed E-state index contributed by atoms with van der Waals surface area (Å²) in [4.78, 5) is 12.8. The molecule has 0 N–H and O–H groups in total. The van der Waals surface area contributed by atoms with Gasteiger partial charge in [-0.2, -0.15) is 0 Å². The minimum absolute atomic E-state index is 0.263. The summed E-state index contributed by atoms with van der Waals surface area (Å²) in [5, 5.41) is 2.13. The van der Waals surface area contributed by atoms with Crippen LogP contribution >= 0.6 is 0 Å². The fraction of sp³-hybridized carbons (Fsp3) is 0.0952. The summed E-state index contributed by atoms with van der Waals surface area (Å²) < 4.78 is 7.25. The van der Waals surface area contributed by atoms with Gasteiger partial charge < -0.3 is 4.74 Å². The van der Waals surface area contributed by atoms with E-state index in [0.29, 0.717) is 0 Å². The average molecular weight is 315 g/mol. The quantitative estimate of drug-likeness (QED) is 0.503. The second-order valence-corrected chi connectivity index (χ2v) is 5.86. The number of aromatic nitrogens is 1. The van der Waals surface area contributed by atoms with Crippen LogP contribution in [-0.2, 0) is 11.3 Å². The van der Waals surface area contributed by atoms with Gasteiger partial charge in [-0.25, -0.2) is 9.36 Å². The summed E-state index contributed by atoms with van der Waals surface area (Å²) in [7, 11) is 0. The first-order valence-electron chi connectivity index (χ1n) is 7.95. The lowest BCUT2D eigenvalue weighted by Gasteiger charge is -2.09. The number of carbonyl (C=O) groups excluding carboxylic acids is 1. The number of para-hydroxylation sites is 2. The summed E-state index contributed by atoms with van der Waals surface area (Å²) in [5.74, 6) is 0. The molecule has 24 heavy (non-hydrogen) atoms. The highest BCUT2D eigenvalue weighted by molar-refractivity contribution is 6.13. The van der Waals surface area contributed by atoms with Gasteiger partial charge in [0, 0.05) is 10.8 Å². The Hall–Kier alpha value is -3.07. The molecule has 4 aromatic rings. The number of rotatable bonds is 2. The number of aryl methyl sites for hydroxylation is 1. The summed E-state index contributed by atoms with van der Waals surface area (Å²) in [6.45, 7) is 2.28. The number of carbonyl (C=O) groups is 1. The van der Waals surface area contributed by atoms with Crippen LogP contribution in [0.3, 0.4) is 0 Å². The molecule has 0 unspecified atom stereocenters. The highest BCUT2D eigenvalue weighted by Gasteiger charge is 2.18. The van der Waals surface area contributed by atoms with E-state index >= 15 is 0 Å². The zero-order valence-corrected chi connectivity index (χ0v) is 13.4. The highest BCUT2D eigenvalue weighted by Crippen LogP contribution is 2.31. The van der Waals surface area contributed by atoms with Crippen molar-refractivity contribution >= 4 is 27.9 Å². The Balaban J connectivity index is 1.81. The normalized spacial score (nSPS) is 11.0. The molecule has 0 radical (unpaired) electrons. The van der Waals surface area contributed by atoms with Crippen LogP contribution in [0.1, 0.15) is 11.1 Å². The van der Waals surface area contributed by atoms with Crippen molar-refractivity contribution in [3.05, 3.63) is 83.9 Å². The number of fused-ring (bicyclic) bond motifs is 3. The Labute approximate surface area is 140 Å². The van der Waals surface area contributed by atoms with Gasteiger partial charge in [0.25, 0.3) is 0 Å². The Morgan fingerprint density at radius 2 is 1.58 bits per heavy atom. The maximum Gasteiger partial charge on any atom is 0.419 e. The van der Waals surface area contributed by atoms with Crippen molar-refractivity contribution in [3.8, 4) is 0 Å². The molecule has 0 atom stereocenters. The Morgan fingerprint density at radius 3 is 2.42 bits per heavy atom. The third kappa shape index (κ3) is 2.35. The van der Waals surface area contributed by atoms with Crippen molar-refractivity contribution < 1.29 is 9.53 Å². The van der Waals surface area contributed by atoms with Crippen LogP contribution in [0.15, 0.2) is 72.8 Å². The summed E-state index contributed by atoms with van der Waals surface area (Å²) in [6, 6.07) is 23.7. The van der Waals surface area contributed by atoms with Gasteiger partial charge in [-0.1, -0.05) is 66.7 Å². The van der Waals surface area contributed by atoms with E-state index in [2.05, 4.69) is 0 Å². The van der Waals surface area contributed by atoms with E-state index in [0.717, 1.165) is 32.9 Å². The molecule has 0 amide bonds. The SMILES string of the molecule is Cc1cccc2c3ccccc3n(C(=O)OCc3ccccc3)c12. The largest absolute Gasteiger partial charge is 0.444 e. The Kier molecular flexibility index (Phi) is 3.54. The summed E-state index contributed by atoms with van der Waals surface area (Å²) in [6.07, 6.45) is -0.348. The molecule has 0 fully saturated rings. The zero-order chi connectivity index (χ0) is 16.5. The second-order valence-electron chi connectivity index (χ2n) is 5.86. The van der Waals surface area contributed by atoms with Gasteiger partial charge in [-0.15, -0.1) is 0 Å². The molecule has 118 valence electrons. The topological polar surface area (TPSA) is 31.2 Å². The van der Waals surface area contributed by atoms with Crippen LogP contribution in [0, 0.1) is 6.92 Å². The molecule has 0 aliphatic rings. The second kappa shape index (κ2) is 5.85. The molecule has 0 aliphatic heterocycles. The molecule has 3 nitrogen and oxygen atoms in total. The number of nitrogens with zero attached hydrogens (tertiary/aromatic N) is 1. The maximum absolute atomic E-state index is 12.8. The molecule has 1 aromatic heterocycles. The zero-order valence-electron chi connectivity index (χ0n) is 13.4. The Morgan fingerprint density at radius 1 is 0.875 bits per heavy atom. The van der Waals surface area contributed by atoms with E-state index in [1.807, 2.05) is 79.7 Å². The molecule has 3 heteroatoms. The van der Waals surface area contributed by atoms with Crippen molar-refractivity contribution in [1.82, 2.24) is 4.57 Å². The van der Waals surface area contributed by atoms with E-state index in [9.17, 15) is 4.79 Å². The predicted octanol–water partition coefficient (Wildman–Crippen LogP) is 5.29. The molecule has 0 spiro atoms. The van der Waals surface area contributed by atoms with Crippen molar-refractivity contribution in [3.63, 3.8) is 0 Å². The molecule has 0 saturated heterocycles. The molecule has 0 bridgehead atoms. The van der Waals surface area contributed by atoms with Crippen molar-refractivity contribution in [2.24, 2.45) is 0 Å². The number of benzene rings is 3. The Bertz CT molecular complexity index is 1030. The predicted molar refractivity (Wildman–Crippen MR) is 96.2 cm³/mol. The molecular weight excluding hydrogens is 298 g/mol. The van der Waals surface area contributed by atoms with Gasteiger partial charge in [0.2, 0.25) is 0 Å². The van der Waals surface area contributed by atoms with Gasteiger partial charge in [0.1, 0.15) is 6.61 Å². The van der Waals surface area contributed by atoms with E-state index in [-0.39, 0.29) is 12.7 Å². The van der Waals surface area contributed by atoms with Crippen LogP contribution in [-0.4, -0.2) is 10.7 Å². The molecule has 0 aliphatic carbocycles. The minimum Gasteiger partial charge on any atom is -0.444 e. The van der Waals surface area contributed by atoms with E-state index in [1.165, 1.54) is 0 Å². The molecule has 3 aromatic carbocycles. The van der Waals surface area contributed by atoms with E-state index in [1.54, 1.807) is 4.57 Å². The summed E-state index contributed by atoms with van der Waals surface area (Å²) in [5.41, 5.74) is 3.82. The third-order valence-electron chi connectivity index (χ3n) is 4.28. The highest BCUT2D eigenvalue weighted by atomic mass is 16.5. The van der Waals surface area contributed by atoms with E-state index in [4.69, 9.17) is 4.74 Å². The molecule has 0 saturated carbocycles. The maximum atomic E-state index is 12.8. The third-order valence-corrected chi connectivity index (χ3v) is 4.28. The van der Waals surface area contributed by atoms with Crippen molar-refractivity contribution in [2.75, 3.05) is 0 Å². The van der Waals surface area contributed by atoms with Crippen molar-refractivity contribution in [1.29, 1.82) is 0 Å². The summed E-state index contributed by atoms with van der Waals surface area (Å²) >= 11 is 0. The van der Waals surface area contributed by atoms with Crippen LogP contribution in [0.4, 0.5) is 4.79 Å². The smallest absolute Gasteiger partial charge is 0.419 e. The first-order chi connectivity index (χ1) is 11.8. The molecule has 1 heterocycles. The molecular formula is C21H17NO2. The van der Waals surface area contributed by atoms with Crippen LogP contribution in [0.2, 0.25) is 0 Å². The minimum atomic E-state index is -0.348. The van der Waals surface area contributed by atoms with Gasteiger partial charge in [0.15, 0.2) is 0 Å². The van der Waals surface area contributed by atoms with Gasteiger partial charge >= 0.3 is 6.09 Å². The lowest BCUT2D eigenvalue weighted by Crippen LogP contribution is -2.13. The van der Waals surface area contributed by atoms with Gasteiger partial charge in [-0.3, -0.25) is 0 Å². The first kappa shape index (κ1) is 14.5. The number of hydrogen-bond acceptors (Lipinski definition) is 2.